The highest BCUT2D eigenvalue weighted by Crippen LogP contribution is 2.17. The zero-order valence-corrected chi connectivity index (χ0v) is 8.81. The molecule has 5 nitrogen and oxygen atoms in total. The number of hydrogen-bond acceptors (Lipinski definition) is 5. The van der Waals surface area contributed by atoms with Gasteiger partial charge < -0.3 is 9.47 Å². The number of benzene rings is 1. The SMILES string of the molecule is COC(=O)c1cc(C#N)cc(OC(C)=O)c1. The smallest absolute Gasteiger partial charge is 0.338 e. The van der Waals surface area contributed by atoms with E-state index in [9.17, 15) is 9.59 Å². The van der Waals surface area contributed by atoms with Crippen LogP contribution in [-0.4, -0.2) is 19.0 Å². The first-order valence-corrected chi connectivity index (χ1v) is 4.38. The van der Waals surface area contributed by atoms with Gasteiger partial charge in [0.25, 0.3) is 0 Å². The third-order valence-corrected chi connectivity index (χ3v) is 1.72. The van der Waals surface area contributed by atoms with Gasteiger partial charge in [-0.3, -0.25) is 4.79 Å². The van der Waals surface area contributed by atoms with Gasteiger partial charge >= 0.3 is 11.9 Å². The molecule has 5 heteroatoms. The first-order valence-electron chi connectivity index (χ1n) is 4.38. The van der Waals surface area contributed by atoms with Crippen LogP contribution in [0.3, 0.4) is 0 Å². The maximum absolute atomic E-state index is 11.2. The van der Waals surface area contributed by atoms with Crippen LogP contribution < -0.4 is 4.74 Å². The summed E-state index contributed by atoms with van der Waals surface area (Å²) in [5.74, 6) is -0.969. The van der Waals surface area contributed by atoms with Crippen molar-refractivity contribution in [2.45, 2.75) is 6.92 Å². The van der Waals surface area contributed by atoms with Crippen LogP contribution in [0, 0.1) is 11.3 Å². The van der Waals surface area contributed by atoms with Gasteiger partial charge in [-0.2, -0.15) is 5.26 Å². The van der Waals surface area contributed by atoms with Gasteiger partial charge in [0.1, 0.15) is 5.75 Å². The average molecular weight is 219 g/mol. The van der Waals surface area contributed by atoms with Gasteiger partial charge in [-0.1, -0.05) is 0 Å². The molecule has 0 aromatic heterocycles. The monoisotopic (exact) mass is 219 g/mol. The molecule has 0 N–H and O–H groups in total. The lowest BCUT2D eigenvalue weighted by Crippen LogP contribution is -2.05. The summed E-state index contributed by atoms with van der Waals surface area (Å²) in [5, 5.41) is 8.73. The van der Waals surface area contributed by atoms with Crippen LogP contribution in [0.15, 0.2) is 18.2 Å². The molecule has 16 heavy (non-hydrogen) atoms. The molecule has 0 bridgehead atoms. The number of ether oxygens (including phenoxy) is 2. The Bertz CT molecular complexity index is 473. The molecule has 1 aromatic rings. The number of carbonyl (C=O) groups excluding carboxylic acids is 2. The van der Waals surface area contributed by atoms with Gasteiger partial charge in [0.15, 0.2) is 0 Å². The van der Waals surface area contributed by atoms with Gasteiger partial charge in [-0.05, 0) is 18.2 Å². The molecule has 82 valence electrons. The second kappa shape index (κ2) is 4.94. The molecule has 0 heterocycles. The molecule has 1 aromatic carbocycles. The van der Waals surface area contributed by atoms with E-state index in [1.54, 1.807) is 0 Å². The van der Waals surface area contributed by atoms with E-state index < -0.39 is 11.9 Å². The van der Waals surface area contributed by atoms with Crippen molar-refractivity contribution in [2.75, 3.05) is 7.11 Å². The molecule has 0 saturated heterocycles. The molecule has 0 saturated carbocycles. The molecular formula is C11H9NO4. The number of methoxy groups -OCH3 is 1. The Kier molecular flexibility index (Phi) is 3.62. The van der Waals surface area contributed by atoms with Crippen molar-refractivity contribution in [3.8, 4) is 11.8 Å². The van der Waals surface area contributed by atoms with Crippen molar-refractivity contribution in [1.29, 1.82) is 5.26 Å². The van der Waals surface area contributed by atoms with Gasteiger partial charge in [-0.25, -0.2) is 4.79 Å². The van der Waals surface area contributed by atoms with E-state index in [1.165, 1.54) is 32.2 Å². The van der Waals surface area contributed by atoms with Crippen LogP contribution in [0.4, 0.5) is 0 Å². The Morgan fingerprint density at radius 3 is 2.50 bits per heavy atom. The van der Waals surface area contributed by atoms with E-state index >= 15 is 0 Å². The summed E-state index contributed by atoms with van der Waals surface area (Å²) in [6, 6.07) is 5.93. The molecule has 0 aliphatic carbocycles. The fraction of sp³-hybridized carbons (Fsp3) is 0.182. The number of nitrogens with zero attached hydrogens (tertiary/aromatic N) is 1. The minimum absolute atomic E-state index is 0.145. The Hall–Kier alpha value is -2.35. The summed E-state index contributed by atoms with van der Waals surface area (Å²) in [6.45, 7) is 1.23. The molecule has 0 atom stereocenters. The molecule has 1 rings (SSSR count). The molecule has 0 spiro atoms. The summed E-state index contributed by atoms with van der Waals surface area (Å²) in [7, 11) is 1.23. The lowest BCUT2D eigenvalue weighted by Gasteiger charge is -2.04. The first kappa shape index (κ1) is 11.7. The number of rotatable bonds is 2. The molecule has 0 radical (unpaired) electrons. The highest BCUT2D eigenvalue weighted by Gasteiger charge is 2.10. The van der Waals surface area contributed by atoms with Crippen molar-refractivity contribution >= 4 is 11.9 Å². The van der Waals surface area contributed by atoms with E-state index in [0.717, 1.165) is 0 Å². The maximum Gasteiger partial charge on any atom is 0.338 e. The second-order valence-corrected chi connectivity index (χ2v) is 2.94. The van der Waals surface area contributed by atoms with Crippen molar-refractivity contribution in [3.05, 3.63) is 29.3 Å². The predicted molar refractivity (Wildman–Crippen MR) is 53.8 cm³/mol. The van der Waals surface area contributed by atoms with Crippen LogP contribution in [0.5, 0.6) is 5.75 Å². The minimum atomic E-state index is -0.592. The largest absolute Gasteiger partial charge is 0.465 e. The first-order chi connectivity index (χ1) is 7.56. The summed E-state index contributed by atoms with van der Waals surface area (Å²) in [5.41, 5.74) is 0.386. The minimum Gasteiger partial charge on any atom is -0.465 e. The maximum atomic E-state index is 11.2. The zero-order chi connectivity index (χ0) is 12.1. The molecule has 0 aliphatic rings. The van der Waals surface area contributed by atoms with Crippen LogP contribution in [0.2, 0.25) is 0 Å². The van der Waals surface area contributed by atoms with Crippen molar-refractivity contribution in [3.63, 3.8) is 0 Å². The van der Waals surface area contributed by atoms with Crippen LogP contribution in [-0.2, 0) is 9.53 Å². The highest BCUT2D eigenvalue weighted by molar-refractivity contribution is 5.90. The molecular weight excluding hydrogens is 210 g/mol. The summed E-state index contributed by atoms with van der Waals surface area (Å²) < 4.78 is 9.30. The summed E-state index contributed by atoms with van der Waals surface area (Å²) in [4.78, 5) is 22.0. The van der Waals surface area contributed by atoms with Crippen molar-refractivity contribution in [2.24, 2.45) is 0 Å². The molecule has 0 fully saturated rings. The van der Waals surface area contributed by atoms with Gasteiger partial charge in [0, 0.05) is 6.92 Å². The molecule has 0 aliphatic heterocycles. The summed E-state index contributed by atoms with van der Waals surface area (Å²) in [6.07, 6.45) is 0. The van der Waals surface area contributed by atoms with E-state index in [2.05, 4.69) is 4.74 Å². The second-order valence-electron chi connectivity index (χ2n) is 2.94. The Morgan fingerprint density at radius 1 is 1.31 bits per heavy atom. The number of hydrogen-bond donors (Lipinski definition) is 0. The number of carbonyl (C=O) groups is 2. The Morgan fingerprint density at radius 2 is 2.00 bits per heavy atom. The van der Waals surface area contributed by atoms with Gasteiger partial charge in [-0.15, -0.1) is 0 Å². The summed E-state index contributed by atoms with van der Waals surface area (Å²) >= 11 is 0. The van der Waals surface area contributed by atoms with E-state index in [0.29, 0.717) is 0 Å². The normalized spacial score (nSPS) is 9.06. The fourth-order valence-corrected chi connectivity index (χ4v) is 1.12. The Balaban J connectivity index is 3.16. The Labute approximate surface area is 92.2 Å². The van der Waals surface area contributed by atoms with E-state index in [-0.39, 0.29) is 16.9 Å². The van der Waals surface area contributed by atoms with Gasteiger partial charge in [0.05, 0.1) is 24.3 Å². The lowest BCUT2D eigenvalue weighted by molar-refractivity contribution is -0.131. The third-order valence-electron chi connectivity index (χ3n) is 1.72. The zero-order valence-electron chi connectivity index (χ0n) is 8.81. The topological polar surface area (TPSA) is 76.4 Å². The van der Waals surface area contributed by atoms with E-state index in [1.807, 2.05) is 6.07 Å². The van der Waals surface area contributed by atoms with Gasteiger partial charge in [0.2, 0.25) is 0 Å². The quantitative estimate of drug-likeness (QED) is 0.553. The third kappa shape index (κ3) is 2.82. The molecule has 0 unspecified atom stereocenters. The van der Waals surface area contributed by atoms with Crippen molar-refractivity contribution in [1.82, 2.24) is 0 Å². The average Bonchev–Trinajstić information content (AvgIpc) is 2.26. The van der Waals surface area contributed by atoms with Crippen LogP contribution in [0.25, 0.3) is 0 Å². The standard InChI is InChI=1S/C11H9NO4/c1-7(13)16-10-4-8(6-12)3-9(5-10)11(14)15-2/h3-5H,1-2H3. The fourth-order valence-electron chi connectivity index (χ4n) is 1.12. The van der Waals surface area contributed by atoms with E-state index in [4.69, 9.17) is 10.00 Å². The van der Waals surface area contributed by atoms with Crippen LogP contribution in [0.1, 0.15) is 22.8 Å². The van der Waals surface area contributed by atoms with Crippen LogP contribution >= 0.6 is 0 Å². The lowest BCUT2D eigenvalue weighted by atomic mass is 10.1. The number of esters is 2. The van der Waals surface area contributed by atoms with Crippen molar-refractivity contribution < 1.29 is 19.1 Å². The highest BCUT2D eigenvalue weighted by atomic mass is 16.5. The molecule has 0 amide bonds. The number of nitriles is 1. The predicted octanol–water partition coefficient (Wildman–Crippen LogP) is 1.27.